The number of benzene rings is 1. The Kier molecular flexibility index (Phi) is 5.32. The minimum Gasteiger partial charge on any atom is -0.491 e. The highest BCUT2D eigenvalue weighted by Crippen LogP contribution is 2.36. The fourth-order valence-electron chi connectivity index (χ4n) is 3.42. The quantitative estimate of drug-likeness (QED) is 0.815. The Balaban J connectivity index is 1.98. The highest BCUT2D eigenvalue weighted by molar-refractivity contribution is 5.30. The van der Waals surface area contributed by atoms with Crippen molar-refractivity contribution in [2.24, 2.45) is 5.41 Å². The molecule has 2 nitrogen and oxygen atoms in total. The molecule has 1 aliphatic carbocycles. The molecule has 0 amide bonds. The maximum atomic E-state index is 5.80. The molecule has 1 aromatic rings. The highest BCUT2D eigenvalue weighted by Gasteiger charge is 2.28. The standard InChI is InChI=1S/C19H31NO/c1-14(2)21-18-10-6-8-16(12-18)15(3)20-17-9-7-11-19(4,5)13-17/h6,8,10,12,14-15,17,20H,7,9,11,13H2,1-5H3. The van der Waals surface area contributed by atoms with Crippen molar-refractivity contribution in [3.8, 4) is 5.75 Å². The molecular formula is C19H31NO. The molecule has 0 radical (unpaired) electrons. The van der Waals surface area contributed by atoms with Crippen molar-refractivity contribution in [2.75, 3.05) is 0 Å². The Morgan fingerprint density at radius 3 is 2.67 bits per heavy atom. The third kappa shape index (κ3) is 5.03. The Morgan fingerprint density at radius 2 is 2.00 bits per heavy atom. The Hall–Kier alpha value is -1.02. The van der Waals surface area contributed by atoms with Gasteiger partial charge in [-0.05, 0) is 63.1 Å². The average molecular weight is 289 g/mol. The predicted octanol–water partition coefficient (Wildman–Crippen LogP) is 5.09. The molecule has 0 heterocycles. The van der Waals surface area contributed by atoms with Crippen LogP contribution in [0.15, 0.2) is 24.3 Å². The van der Waals surface area contributed by atoms with Gasteiger partial charge in [0.1, 0.15) is 5.75 Å². The molecule has 0 aromatic heterocycles. The summed E-state index contributed by atoms with van der Waals surface area (Å²) in [5.41, 5.74) is 1.80. The molecule has 0 bridgehead atoms. The van der Waals surface area contributed by atoms with E-state index in [0.29, 0.717) is 17.5 Å². The van der Waals surface area contributed by atoms with E-state index < -0.39 is 0 Å². The molecule has 1 aromatic carbocycles. The molecule has 0 saturated heterocycles. The second-order valence-corrected chi connectivity index (χ2v) is 7.58. The van der Waals surface area contributed by atoms with Crippen molar-refractivity contribution >= 4 is 0 Å². The number of hydrogen-bond donors (Lipinski definition) is 1. The Morgan fingerprint density at radius 1 is 1.24 bits per heavy atom. The van der Waals surface area contributed by atoms with Crippen LogP contribution in [0.1, 0.15) is 71.9 Å². The summed E-state index contributed by atoms with van der Waals surface area (Å²) in [6.45, 7) is 11.2. The maximum Gasteiger partial charge on any atom is 0.120 e. The number of rotatable bonds is 5. The van der Waals surface area contributed by atoms with E-state index in [1.807, 2.05) is 6.07 Å². The summed E-state index contributed by atoms with van der Waals surface area (Å²) in [5, 5.41) is 3.82. The van der Waals surface area contributed by atoms with E-state index >= 15 is 0 Å². The van der Waals surface area contributed by atoms with Crippen LogP contribution in [0.2, 0.25) is 0 Å². The zero-order chi connectivity index (χ0) is 15.5. The smallest absolute Gasteiger partial charge is 0.120 e. The van der Waals surface area contributed by atoms with E-state index in [2.05, 4.69) is 58.1 Å². The lowest BCUT2D eigenvalue weighted by molar-refractivity contribution is 0.191. The first-order valence-corrected chi connectivity index (χ1v) is 8.38. The van der Waals surface area contributed by atoms with Crippen molar-refractivity contribution < 1.29 is 4.74 Å². The summed E-state index contributed by atoms with van der Waals surface area (Å²) in [5.74, 6) is 0.972. The third-order valence-corrected chi connectivity index (χ3v) is 4.42. The summed E-state index contributed by atoms with van der Waals surface area (Å²) in [6, 6.07) is 9.51. The lowest BCUT2D eigenvalue weighted by Crippen LogP contribution is -2.38. The molecule has 21 heavy (non-hydrogen) atoms. The van der Waals surface area contributed by atoms with Gasteiger partial charge in [-0.3, -0.25) is 0 Å². The van der Waals surface area contributed by atoms with Crippen LogP contribution in [0.3, 0.4) is 0 Å². The minimum absolute atomic E-state index is 0.225. The lowest BCUT2D eigenvalue weighted by Gasteiger charge is -2.37. The number of nitrogens with one attached hydrogen (secondary N) is 1. The van der Waals surface area contributed by atoms with Gasteiger partial charge in [-0.2, -0.15) is 0 Å². The zero-order valence-electron chi connectivity index (χ0n) is 14.3. The van der Waals surface area contributed by atoms with Gasteiger partial charge in [0.05, 0.1) is 6.10 Å². The van der Waals surface area contributed by atoms with Gasteiger partial charge < -0.3 is 10.1 Å². The summed E-state index contributed by atoms with van der Waals surface area (Å²) < 4.78 is 5.80. The Labute approximate surface area is 130 Å². The number of hydrogen-bond acceptors (Lipinski definition) is 2. The van der Waals surface area contributed by atoms with E-state index in [1.54, 1.807) is 0 Å². The summed E-state index contributed by atoms with van der Waals surface area (Å²) in [4.78, 5) is 0. The van der Waals surface area contributed by atoms with Crippen LogP contribution in [0, 0.1) is 5.41 Å². The largest absolute Gasteiger partial charge is 0.491 e. The molecule has 1 aliphatic rings. The SMILES string of the molecule is CC(C)Oc1cccc(C(C)NC2CCCC(C)(C)C2)c1. The molecule has 0 aliphatic heterocycles. The van der Waals surface area contributed by atoms with E-state index in [1.165, 1.54) is 31.2 Å². The van der Waals surface area contributed by atoms with E-state index in [9.17, 15) is 0 Å². The van der Waals surface area contributed by atoms with Crippen molar-refractivity contribution in [3.63, 3.8) is 0 Å². The summed E-state index contributed by atoms with van der Waals surface area (Å²) in [6.07, 6.45) is 5.50. The van der Waals surface area contributed by atoms with Gasteiger partial charge >= 0.3 is 0 Å². The first-order valence-electron chi connectivity index (χ1n) is 8.38. The van der Waals surface area contributed by atoms with E-state index in [-0.39, 0.29) is 6.10 Å². The van der Waals surface area contributed by atoms with Crippen molar-refractivity contribution in [2.45, 2.75) is 78.5 Å². The molecule has 1 saturated carbocycles. The number of ether oxygens (including phenoxy) is 1. The molecule has 2 heteroatoms. The van der Waals surface area contributed by atoms with Crippen LogP contribution in [0.5, 0.6) is 5.75 Å². The molecule has 2 rings (SSSR count). The second-order valence-electron chi connectivity index (χ2n) is 7.58. The maximum absolute atomic E-state index is 5.80. The summed E-state index contributed by atoms with van der Waals surface area (Å²) in [7, 11) is 0. The Bertz CT molecular complexity index is 453. The van der Waals surface area contributed by atoms with Crippen LogP contribution in [-0.2, 0) is 0 Å². The molecular weight excluding hydrogens is 258 g/mol. The van der Waals surface area contributed by atoms with Crippen LogP contribution in [0.4, 0.5) is 0 Å². The topological polar surface area (TPSA) is 21.3 Å². The lowest BCUT2D eigenvalue weighted by atomic mass is 9.75. The second kappa shape index (κ2) is 6.83. The minimum atomic E-state index is 0.225. The fourth-order valence-corrected chi connectivity index (χ4v) is 3.42. The zero-order valence-corrected chi connectivity index (χ0v) is 14.3. The molecule has 1 N–H and O–H groups in total. The van der Waals surface area contributed by atoms with Gasteiger partial charge in [0, 0.05) is 12.1 Å². The van der Waals surface area contributed by atoms with E-state index in [4.69, 9.17) is 4.74 Å². The average Bonchev–Trinajstić information content (AvgIpc) is 2.37. The normalized spacial score (nSPS) is 23.0. The van der Waals surface area contributed by atoms with Crippen LogP contribution >= 0.6 is 0 Å². The predicted molar refractivity (Wildman–Crippen MR) is 89.8 cm³/mol. The van der Waals surface area contributed by atoms with Gasteiger partial charge in [-0.1, -0.05) is 32.4 Å². The molecule has 0 spiro atoms. The van der Waals surface area contributed by atoms with Crippen LogP contribution < -0.4 is 10.1 Å². The van der Waals surface area contributed by atoms with Gasteiger partial charge in [-0.25, -0.2) is 0 Å². The van der Waals surface area contributed by atoms with Gasteiger partial charge in [0.25, 0.3) is 0 Å². The van der Waals surface area contributed by atoms with Crippen molar-refractivity contribution in [1.82, 2.24) is 5.32 Å². The monoisotopic (exact) mass is 289 g/mol. The fraction of sp³-hybridized carbons (Fsp3) is 0.684. The summed E-state index contributed by atoms with van der Waals surface area (Å²) >= 11 is 0. The van der Waals surface area contributed by atoms with Gasteiger partial charge in [0.15, 0.2) is 0 Å². The van der Waals surface area contributed by atoms with Gasteiger partial charge in [-0.15, -0.1) is 0 Å². The van der Waals surface area contributed by atoms with E-state index in [0.717, 1.165) is 5.75 Å². The first-order chi connectivity index (χ1) is 9.85. The molecule has 2 unspecified atom stereocenters. The molecule has 2 atom stereocenters. The van der Waals surface area contributed by atoms with Crippen molar-refractivity contribution in [3.05, 3.63) is 29.8 Å². The highest BCUT2D eigenvalue weighted by atomic mass is 16.5. The molecule has 1 fully saturated rings. The first kappa shape index (κ1) is 16.4. The third-order valence-electron chi connectivity index (χ3n) is 4.42. The van der Waals surface area contributed by atoms with Crippen LogP contribution in [0.25, 0.3) is 0 Å². The van der Waals surface area contributed by atoms with Crippen LogP contribution in [-0.4, -0.2) is 12.1 Å². The van der Waals surface area contributed by atoms with Crippen molar-refractivity contribution in [1.29, 1.82) is 0 Å². The molecule has 118 valence electrons. The van der Waals surface area contributed by atoms with Gasteiger partial charge in [0.2, 0.25) is 0 Å².